The number of fused-ring (bicyclic) bond motifs is 12. The van der Waals surface area contributed by atoms with Gasteiger partial charge < -0.3 is 13.9 Å². The third-order valence-electron chi connectivity index (χ3n) is 13.6. The molecular formula is C62H38N2OS. The Labute approximate surface area is 384 Å². The van der Waals surface area contributed by atoms with Gasteiger partial charge in [-0.25, -0.2) is 0 Å². The highest BCUT2D eigenvalue weighted by Gasteiger charge is 2.24. The maximum atomic E-state index is 6.98. The van der Waals surface area contributed by atoms with Crippen LogP contribution in [-0.4, -0.2) is 4.57 Å². The SMILES string of the molecule is c1ccc2c(c1)cc(N(c1ccc(-c3ccc4sc5ccccc5c4c3)cc1)c1ccc(-c3ccc(-n4c5ccccc5c5ccccc54)cc3)c3oc4ccccc4c13)c1ccccc12. The molecule has 0 saturated heterocycles. The van der Waals surface area contributed by atoms with Crippen molar-refractivity contribution in [1.82, 2.24) is 4.57 Å². The molecule has 14 aromatic rings. The van der Waals surface area contributed by atoms with Crippen molar-refractivity contribution < 1.29 is 4.42 Å². The first-order chi connectivity index (χ1) is 32.7. The maximum Gasteiger partial charge on any atom is 0.145 e. The molecule has 0 aliphatic heterocycles. The molecule has 3 heterocycles. The second kappa shape index (κ2) is 14.5. The van der Waals surface area contributed by atoms with Crippen LogP contribution in [0, 0.1) is 0 Å². The molecule has 4 heteroatoms. The number of benzene rings is 11. The van der Waals surface area contributed by atoms with Gasteiger partial charge in [0, 0.05) is 58.7 Å². The lowest BCUT2D eigenvalue weighted by Gasteiger charge is -2.29. The van der Waals surface area contributed by atoms with Gasteiger partial charge in [-0.15, -0.1) is 11.3 Å². The van der Waals surface area contributed by atoms with E-state index in [1.54, 1.807) is 0 Å². The lowest BCUT2D eigenvalue weighted by Crippen LogP contribution is -2.11. The first-order valence-corrected chi connectivity index (χ1v) is 23.3. The van der Waals surface area contributed by atoms with Crippen LogP contribution in [0.15, 0.2) is 235 Å². The van der Waals surface area contributed by atoms with Crippen LogP contribution in [0.1, 0.15) is 0 Å². The summed E-state index contributed by atoms with van der Waals surface area (Å²) in [4.78, 5) is 2.45. The summed E-state index contributed by atoms with van der Waals surface area (Å²) >= 11 is 1.86. The van der Waals surface area contributed by atoms with Crippen LogP contribution >= 0.6 is 11.3 Å². The van der Waals surface area contributed by atoms with Crippen LogP contribution in [0.4, 0.5) is 17.1 Å². The van der Waals surface area contributed by atoms with Crippen molar-refractivity contribution in [3.63, 3.8) is 0 Å². The van der Waals surface area contributed by atoms with Crippen LogP contribution in [0.25, 0.3) is 113 Å². The van der Waals surface area contributed by atoms with Gasteiger partial charge in [-0.1, -0.05) is 152 Å². The number of furan rings is 1. The van der Waals surface area contributed by atoms with Gasteiger partial charge in [0.25, 0.3) is 0 Å². The Bertz CT molecular complexity index is 4180. The molecule has 0 amide bonds. The predicted octanol–water partition coefficient (Wildman–Crippen LogP) is 18.2. The molecule has 0 aliphatic carbocycles. The van der Waals surface area contributed by atoms with Crippen molar-refractivity contribution in [2.75, 3.05) is 4.90 Å². The molecular weight excluding hydrogens is 821 g/mol. The standard InChI is InChI=1S/C62H38N2OS/c1-2-14-45-42(13-1)38-57(48-16-4-3-15-47(45)48)64(44-30-25-39(26-31-44)41-29-36-60-53(37-41)51-19-8-12-24-59(51)66-60)56-35-34-46(62-61(56)52-20-7-11-23-58(52)65-62)40-27-32-43(33-28-40)63-54-21-9-5-17-49(54)50-18-6-10-22-55(50)63/h1-38H. The predicted molar refractivity (Wildman–Crippen MR) is 282 cm³/mol. The highest BCUT2D eigenvalue weighted by Crippen LogP contribution is 2.49. The lowest BCUT2D eigenvalue weighted by atomic mass is 9.96. The van der Waals surface area contributed by atoms with E-state index in [2.05, 4.69) is 240 Å². The fourth-order valence-electron chi connectivity index (χ4n) is 10.6. The molecule has 0 unspecified atom stereocenters. The van der Waals surface area contributed by atoms with Crippen molar-refractivity contribution in [2.24, 2.45) is 0 Å². The third kappa shape index (κ3) is 5.62. The average molecular weight is 859 g/mol. The van der Waals surface area contributed by atoms with Crippen molar-refractivity contribution >= 4 is 114 Å². The van der Waals surface area contributed by atoms with Gasteiger partial charge >= 0.3 is 0 Å². The number of anilines is 3. The second-order valence-corrected chi connectivity index (χ2v) is 18.3. The molecule has 0 bridgehead atoms. The Kier molecular flexibility index (Phi) is 8.15. The normalized spacial score (nSPS) is 11.9. The molecule has 0 spiro atoms. The highest BCUT2D eigenvalue weighted by atomic mass is 32.1. The number of aromatic nitrogens is 1. The Morgan fingerprint density at radius 3 is 1.74 bits per heavy atom. The van der Waals surface area contributed by atoms with E-state index in [-0.39, 0.29) is 0 Å². The fraction of sp³-hybridized carbons (Fsp3) is 0. The van der Waals surface area contributed by atoms with Crippen LogP contribution < -0.4 is 4.90 Å². The Hall–Kier alpha value is -8.44. The highest BCUT2D eigenvalue weighted by molar-refractivity contribution is 7.25. The van der Waals surface area contributed by atoms with E-state index in [1.807, 2.05) is 11.3 Å². The molecule has 0 radical (unpaired) electrons. The number of thiophene rings is 1. The summed E-state index contributed by atoms with van der Waals surface area (Å²) in [6, 6.07) is 84.0. The van der Waals surface area contributed by atoms with Gasteiger partial charge in [0.15, 0.2) is 0 Å². The quantitative estimate of drug-likeness (QED) is 0.155. The van der Waals surface area contributed by atoms with Gasteiger partial charge in [0.05, 0.1) is 27.8 Å². The molecule has 0 saturated carbocycles. The summed E-state index contributed by atoms with van der Waals surface area (Å²) in [5.41, 5.74) is 13.0. The van der Waals surface area contributed by atoms with E-state index in [4.69, 9.17) is 4.42 Å². The number of hydrogen-bond acceptors (Lipinski definition) is 3. The summed E-state index contributed by atoms with van der Waals surface area (Å²) < 4.78 is 12.0. The van der Waals surface area contributed by atoms with Crippen molar-refractivity contribution in [3.05, 3.63) is 231 Å². The van der Waals surface area contributed by atoms with Crippen molar-refractivity contribution in [1.29, 1.82) is 0 Å². The average Bonchev–Trinajstić information content (AvgIpc) is 4.07. The Morgan fingerprint density at radius 1 is 0.379 bits per heavy atom. The van der Waals surface area contributed by atoms with E-state index in [9.17, 15) is 0 Å². The molecule has 0 aliphatic rings. The van der Waals surface area contributed by atoms with Gasteiger partial charge in [0.1, 0.15) is 11.2 Å². The largest absolute Gasteiger partial charge is 0.455 e. The maximum absolute atomic E-state index is 6.98. The lowest BCUT2D eigenvalue weighted by molar-refractivity contribution is 0.670. The summed E-state index contributed by atoms with van der Waals surface area (Å²) in [7, 11) is 0. The zero-order chi connectivity index (χ0) is 43.3. The summed E-state index contributed by atoms with van der Waals surface area (Å²) in [6.45, 7) is 0. The van der Waals surface area contributed by atoms with Crippen LogP contribution in [0.2, 0.25) is 0 Å². The molecule has 0 atom stereocenters. The van der Waals surface area contributed by atoms with Crippen LogP contribution in [-0.2, 0) is 0 Å². The van der Waals surface area contributed by atoms with E-state index < -0.39 is 0 Å². The monoisotopic (exact) mass is 858 g/mol. The second-order valence-electron chi connectivity index (χ2n) is 17.2. The molecule has 3 aromatic heterocycles. The molecule has 308 valence electrons. The zero-order valence-electron chi connectivity index (χ0n) is 35.7. The Morgan fingerprint density at radius 2 is 0.970 bits per heavy atom. The van der Waals surface area contributed by atoms with Crippen LogP contribution in [0.5, 0.6) is 0 Å². The molecule has 0 N–H and O–H groups in total. The fourth-order valence-corrected chi connectivity index (χ4v) is 11.6. The zero-order valence-corrected chi connectivity index (χ0v) is 36.5. The molecule has 14 rings (SSSR count). The molecule has 66 heavy (non-hydrogen) atoms. The number of hydrogen-bond donors (Lipinski definition) is 0. The number of rotatable bonds is 6. The summed E-state index contributed by atoms with van der Waals surface area (Å²) in [6.07, 6.45) is 0. The Balaban J connectivity index is 0.964. The topological polar surface area (TPSA) is 21.3 Å². The number of nitrogens with zero attached hydrogens (tertiary/aromatic N) is 2. The van der Waals surface area contributed by atoms with Gasteiger partial charge in [-0.3, -0.25) is 0 Å². The summed E-state index contributed by atoms with van der Waals surface area (Å²) in [5.74, 6) is 0. The third-order valence-corrected chi connectivity index (χ3v) is 14.7. The van der Waals surface area contributed by atoms with Gasteiger partial charge in [-0.05, 0) is 112 Å². The molecule has 0 fully saturated rings. The van der Waals surface area contributed by atoms with Crippen molar-refractivity contribution in [3.8, 4) is 27.9 Å². The molecule has 3 nitrogen and oxygen atoms in total. The number of para-hydroxylation sites is 3. The van der Waals surface area contributed by atoms with E-state index in [1.165, 1.54) is 74.6 Å². The first-order valence-electron chi connectivity index (χ1n) is 22.5. The first kappa shape index (κ1) is 37.0. The minimum Gasteiger partial charge on any atom is -0.455 e. The van der Waals surface area contributed by atoms with Gasteiger partial charge in [-0.2, -0.15) is 0 Å². The van der Waals surface area contributed by atoms with Gasteiger partial charge in [0.2, 0.25) is 0 Å². The minimum atomic E-state index is 0.859. The van der Waals surface area contributed by atoms with Crippen LogP contribution in [0.3, 0.4) is 0 Å². The molecule has 11 aromatic carbocycles. The van der Waals surface area contributed by atoms with E-state index in [0.29, 0.717) is 0 Å². The van der Waals surface area contributed by atoms with E-state index in [0.717, 1.165) is 55.8 Å². The smallest absolute Gasteiger partial charge is 0.145 e. The van der Waals surface area contributed by atoms with Crippen molar-refractivity contribution in [2.45, 2.75) is 0 Å². The summed E-state index contributed by atoms with van der Waals surface area (Å²) in [5, 5.41) is 12.1. The minimum absolute atomic E-state index is 0.859. The van der Waals surface area contributed by atoms with E-state index >= 15 is 0 Å².